The summed E-state index contributed by atoms with van der Waals surface area (Å²) < 4.78 is 7.56. The molecule has 0 N–H and O–H groups in total. The van der Waals surface area contributed by atoms with Crippen LogP contribution >= 0.6 is 0 Å². The Morgan fingerprint density at radius 3 is 2.93 bits per heavy atom. The monoisotopic (exact) mass is 377 g/mol. The van der Waals surface area contributed by atoms with Gasteiger partial charge in [0.15, 0.2) is 0 Å². The number of pyridine rings is 1. The number of likely N-dealkylation sites (tertiary alicyclic amines) is 1. The Balaban J connectivity index is 1.22. The van der Waals surface area contributed by atoms with Crippen molar-refractivity contribution in [3.8, 4) is 0 Å². The average Bonchev–Trinajstić information content (AvgIpc) is 3.22. The van der Waals surface area contributed by atoms with Crippen molar-refractivity contribution in [1.29, 1.82) is 0 Å². The number of nitrogens with zero attached hydrogens (tertiary/aromatic N) is 5. The molecule has 3 aromatic rings. The summed E-state index contributed by atoms with van der Waals surface area (Å²) in [4.78, 5) is 19.3. The van der Waals surface area contributed by atoms with Gasteiger partial charge in [0.2, 0.25) is 0 Å². The molecule has 7 heteroatoms. The second kappa shape index (κ2) is 7.31. The van der Waals surface area contributed by atoms with Crippen molar-refractivity contribution in [3.63, 3.8) is 0 Å². The molecule has 1 saturated heterocycles. The molecule has 1 aliphatic heterocycles. The maximum atomic E-state index is 12.9. The van der Waals surface area contributed by atoms with Gasteiger partial charge in [0.05, 0.1) is 24.4 Å². The molecule has 2 aliphatic rings. The number of amides is 1. The van der Waals surface area contributed by atoms with E-state index in [1.54, 1.807) is 0 Å². The predicted molar refractivity (Wildman–Crippen MR) is 104 cm³/mol. The molecule has 144 valence electrons. The van der Waals surface area contributed by atoms with Gasteiger partial charge in [-0.2, -0.15) is 0 Å². The fourth-order valence-electron chi connectivity index (χ4n) is 3.66. The summed E-state index contributed by atoms with van der Waals surface area (Å²) in [5.74, 6) is 0.717. The van der Waals surface area contributed by atoms with Crippen LogP contribution in [-0.2, 0) is 11.3 Å². The first-order valence-electron chi connectivity index (χ1n) is 9.90. The molecular weight excluding hydrogens is 354 g/mol. The minimum absolute atomic E-state index is 0.0265. The first-order chi connectivity index (χ1) is 13.8. The quantitative estimate of drug-likeness (QED) is 0.660. The number of hydrogen-bond acceptors (Lipinski definition) is 5. The number of ether oxygens (including phenoxy) is 1. The number of fused-ring (bicyclic) bond motifs is 1. The zero-order valence-corrected chi connectivity index (χ0v) is 15.7. The van der Waals surface area contributed by atoms with Crippen molar-refractivity contribution in [3.05, 3.63) is 54.0 Å². The summed E-state index contributed by atoms with van der Waals surface area (Å²) in [6.07, 6.45) is 5.38. The lowest BCUT2D eigenvalue weighted by Crippen LogP contribution is -2.29. The molecule has 2 fully saturated rings. The van der Waals surface area contributed by atoms with Crippen LogP contribution in [0.4, 0.5) is 0 Å². The summed E-state index contributed by atoms with van der Waals surface area (Å²) in [5, 5.41) is 9.50. The third-order valence-electron chi connectivity index (χ3n) is 5.50. The van der Waals surface area contributed by atoms with E-state index in [1.165, 1.54) is 12.8 Å². The number of hydrogen-bond donors (Lipinski definition) is 0. The van der Waals surface area contributed by atoms with E-state index in [2.05, 4.69) is 15.3 Å². The van der Waals surface area contributed by atoms with Crippen LogP contribution in [0.1, 0.15) is 41.5 Å². The second-order valence-corrected chi connectivity index (χ2v) is 7.73. The number of rotatable bonds is 6. The third kappa shape index (κ3) is 3.62. The highest BCUT2D eigenvalue weighted by Gasteiger charge is 2.29. The molecular formula is C21H23N5O2. The van der Waals surface area contributed by atoms with Crippen LogP contribution in [0.5, 0.6) is 0 Å². The Labute approximate surface area is 163 Å². The molecule has 1 aromatic carbocycles. The molecule has 0 bridgehead atoms. The number of para-hydroxylation sites is 1. The lowest BCUT2D eigenvalue weighted by Gasteiger charge is -2.16. The number of aromatic nitrogens is 4. The summed E-state index contributed by atoms with van der Waals surface area (Å²) in [6, 6.07) is 11.7. The number of carbonyl (C=O) groups excluding carboxylic acids is 1. The SMILES string of the molecule is O=C(c1ccc2ccccc2n1)N1CCC(n2cc(COCC3CC3)nn2)C1. The van der Waals surface area contributed by atoms with Crippen LogP contribution in [0.25, 0.3) is 10.9 Å². The highest BCUT2D eigenvalue weighted by molar-refractivity contribution is 5.95. The maximum Gasteiger partial charge on any atom is 0.272 e. The van der Waals surface area contributed by atoms with Gasteiger partial charge in [-0.05, 0) is 37.3 Å². The zero-order chi connectivity index (χ0) is 18.9. The molecule has 1 amide bonds. The van der Waals surface area contributed by atoms with Crippen LogP contribution < -0.4 is 0 Å². The standard InChI is InChI=1S/C21H23N5O2/c27-21(20-8-7-16-3-1-2-4-19(16)22-20)25-10-9-18(12-25)26-11-17(23-24-26)14-28-13-15-5-6-15/h1-4,7-8,11,15,18H,5-6,9-10,12-14H2. The van der Waals surface area contributed by atoms with Gasteiger partial charge in [-0.15, -0.1) is 5.10 Å². The second-order valence-electron chi connectivity index (χ2n) is 7.73. The minimum atomic E-state index is -0.0265. The van der Waals surface area contributed by atoms with Gasteiger partial charge in [-0.25, -0.2) is 9.67 Å². The average molecular weight is 377 g/mol. The summed E-state index contributed by atoms with van der Waals surface area (Å²) in [6.45, 7) is 2.65. The van der Waals surface area contributed by atoms with Gasteiger partial charge in [0, 0.05) is 25.1 Å². The van der Waals surface area contributed by atoms with E-state index in [0.29, 0.717) is 25.4 Å². The van der Waals surface area contributed by atoms with E-state index < -0.39 is 0 Å². The zero-order valence-electron chi connectivity index (χ0n) is 15.7. The molecule has 1 saturated carbocycles. The fourth-order valence-corrected chi connectivity index (χ4v) is 3.66. The molecule has 1 atom stereocenters. The van der Waals surface area contributed by atoms with Crippen molar-refractivity contribution in [2.45, 2.75) is 31.9 Å². The molecule has 0 radical (unpaired) electrons. The fraction of sp³-hybridized carbons (Fsp3) is 0.429. The van der Waals surface area contributed by atoms with Gasteiger partial charge in [-0.3, -0.25) is 4.79 Å². The Hall–Kier alpha value is -2.80. The molecule has 7 nitrogen and oxygen atoms in total. The maximum absolute atomic E-state index is 12.9. The normalized spacial score (nSPS) is 19.4. The summed E-state index contributed by atoms with van der Waals surface area (Å²) in [7, 11) is 0. The van der Waals surface area contributed by atoms with E-state index in [4.69, 9.17) is 4.74 Å². The molecule has 1 aliphatic carbocycles. The van der Waals surface area contributed by atoms with Crippen molar-refractivity contribution in [1.82, 2.24) is 24.9 Å². The van der Waals surface area contributed by atoms with Gasteiger partial charge in [0.25, 0.3) is 5.91 Å². The summed E-state index contributed by atoms with van der Waals surface area (Å²) in [5.41, 5.74) is 2.19. The van der Waals surface area contributed by atoms with E-state index in [-0.39, 0.29) is 11.9 Å². The van der Waals surface area contributed by atoms with E-state index in [1.807, 2.05) is 52.2 Å². The van der Waals surface area contributed by atoms with Crippen molar-refractivity contribution >= 4 is 16.8 Å². The minimum Gasteiger partial charge on any atom is -0.375 e. The van der Waals surface area contributed by atoms with Crippen molar-refractivity contribution in [2.75, 3.05) is 19.7 Å². The van der Waals surface area contributed by atoms with Crippen LogP contribution in [0, 0.1) is 5.92 Å². The van der Waals surface area contributed by atoms with Gasteiger partial charge in [0.1, 0.15) is 11.4 Å². The lowest BCUT2D eigenvalue weighted by atomic mass is 10.2. The van der Waals surface area contributed by atoms with Crippen molar-refractivity contribution < 1.29 is 9.53 Å². The molecule has 28 heavy (non-hydrogen) atoms. The van der Waals surface area contributed by atoms with Crippen molar-refractivity contribution in [2.24, 2.45) is 5.92 Å². The predicted octanol–water partition coefficient (Wildman–Crippen LogP) is 2.84. The first kappa shape index (κ1) is 17.3. The first-order valence-corrected chi connectivity index (χ1v) is 9.90. The topological polar surface area (TPSA) is 73.1 Å². The van der Waals surface area contributed by atoms with Gasteiger partial charge < -0.3 is 9.64 Å². The van der Waals surface area contributed by atoms with Crippen LogP contribution in [0.2, 0.25) is 0 Å². The van der Waals surface area contributed by atoms with Gasteiger partial charge in [-0.1, -0.05) is 29.5 Å². The van der Waals surface area contributed by atoms with E-state index in [0.717, 1.165) is 35.5 Å². The Kier molecular flexibility index (Phi) is 4.52. The van der Waals surface area contributed by atoms with Gasteiger partial charge >= 0.3 is 0 Å². The smallest absolute Gasteiger partial charge is 0.272 e. The van der Waals surface area contributed by atoms with Crippen LogP contribution in [0.15, 0.2) is 42.6 Å². The highest BCUT2D eigenvalue weighted by Crippen LogP contribution is 2.29. The highest BCUT2D eigenvalue weighted by atomic mass is 16.5. The van der Waals surface area contributed by atoms with E-state index >= 15 is 0 Å². The largest absolute Gasteiger partial charge is 0.375 e. The van der Waals surface area contributed by atoms with E-state index in [9.17, 15) is 4.79 Å². The molecule has 0 spiro atoms. The summed E-state index contributed by atoms with van der Waals surface area (Å²) >= 11 is 0. The number of carbonyl (C=O) groups is 1. The molecule has 2 aromatic heterocycles. The Bertz CT molecular complexity index is 997. The molecule has 5 rings (SSSR count). The third-order valence-corrected chi connectivity index (χ3v) is 5.50. The molecule has 3 heterocycles. The van der Waals surface area contributed by atoms with Crippen LogP contribution in [-0.4, -0.2) is 50.5 Å². The lowest BCUT2D eigenvalue weighted by molar-refractivity contribution is 0.0781. The van der Waals surface area contributed by atoms with Crippen LogP contribution in [0.3, 0.4) is 0 Å². The molecule has 1 unspecified atom stereocenters. The Morgan fingerprint density at radius 2 is 2.04 bits per heavy atom. The Morgan fingerprint density at radius 1 is 1.14 bits per heavy atom. The number of benzene rings is 1.